The van der Waals surface area contributed by atoms with Crippen molar-refractivity contribution in [2.24, 2.45) is 0 Å². The summed E-state index contributed by atoms with van der Waals surface area (Å²) >= 11 is 1.83. The number of halogens is 1. The molecule has 1 N–H and O–H groups in total. The van der Waals surface area contributed by atoms with Gasteiger partial charge in [-0.1, -0.05) is 12.1 Å². The maximum absolute atomic E-state index is 12.8. The minimum atomic E-state index is -0.185. The Morgan fingerprint density at radius 1 is 1.22 bits per heavy atom. The summed E-state index contributed by atoms with van der Waals surface area (Å²) in [7, 11) is 0. The smallest absolute Gasteiger partial charge is 0.123 e. The Balaban J connectivity index is 1.98. The quantitative estimate of drug-likeness (QED) is 0.864. The van der Waals surface area contributed by atoms with Crippen molar-refractivity contribution in [2.45, 2.75) is 33.4 Å². The summed E-state index contributed by atoms with van der Waals surface area (Å²) < 4.78 is 12.8. The molecule has 0 saturated heterocycles. The van der Waals surface area contributed by atoms with E-state index >= 15 is 0 Å². The fraction of sp³-hybridized carbons (Fsp3) is 0.333. The van der Waals surface area contributed by atoms with Gasteiger partial charge in [0.25, 0.3) is 0 Å². The molecule has 1 unspecified atom stereocenters. The van der Waals surface area contributed by atoms with Crippen LogP contribution in [0.5, 0.6) is 0 Å². The van der Waals surface area contributed by atoms with E-state index in [0.29, 0.717) is 0 Å². The molecule has 3 heteroatoms. The Bertz CT molecular complexity index is 516. The average Bonchev–Trinajstić information content (AvgIpc) is 2.66. The summed E-state index contributed by atoms with van der Waals surface area (Å²) in [5.41, 5.74) is 2.47. The molecule has 1 atom stereocenters. The van der Waals surface area contributed by atoms with Crippen molar-refractivity contribution in [3.8, 4) is 0 Å². The third kappa shape index (κ3) is 3.18. The van der Waals surface area contributed by atoms with Crippen molar-refractivity contribution in [1.82, 2.24) is 5.32 Å². The zero-order valence-corrected chi connectivity index (χ0v) is 11.8. The van der Waals surface area contributed by atoms with Crippen LogP contribution in [0.25, 0.3) is 0 Å². The van der Waals surface area contributed by atoms with E-state index in [2.05, 4.69) is 32.2 Å². The van der Waals surface area contributed by atoms with Crippen molar-refractivity contribution in [1.29, 1.82) is 0 Å². The fourth-order valence-electron chi connectivity index (χ4n) is 1.99. The highest BCUT2D eigenvalue weighted by atomic mass is 32.1. The molecule has 0 saturated carbocycles. The first-order valence-electron chi connectivity index (χ1n) is 6.11. The molecular formula is C15H18FNS. The van der Waals surface area contributed by atoms with Crippen LogP contribution in [0, 0.1) is 19.7 Å². The van der Waals surface area contributed by atoms with E-state index in [1.165, 1.54) is 27.5 Å². The molecule has 0 fully saturated rings. The molecule has 18 heavy (non-hydrogen) atoms. The van der Waals surface area contributed by atoms with Crippen LogP contribution in [-0.2, 0) is 6.54 Å². The number of aryl methyl sites for hydroxylation is 2. The van der Waals surface area contributed by atoms with Crippen LogP contribution in [0.3, 0.4) is 0 Å². The summed E-state index contributed by atoms with van der Waals surface area (Å²) in [5.74, 6) is -0.185. The molecule has 96 valence electrons. The van der Waals surface area contributed by atoms with Crippen LogP contribution in [-0.4, -0.2) is 0 Å². The van der Waals surface area contributed by atoms with Crippen molar-refractivity contribution in [3.63, 3.8) is 0 Å². The molecule has 0 aliphatic rings. The predicted octanol–water partition coefficient (Wildman–Crippen LogP) is 4.35. The van der Waals surface area contributed by atoms with Crippen LogP contribution in [0.1, 0.15) is 33.8 Å². The lowest BCUT2D eigenvalue weighted by atomic mass is 10.1. The van der Waals surface area contributed by atoms with Crippen molar-refractivity contribution < 1.29 is 4.39 Å². The Hall–Kier alpha value is -1.19. The van der Waals surface area contributed by atoms with E-state index in [4.69, 9.17) is 0 Å². The predicted molar refractivity (Wildman–Crippen MR) is 75.4 cm³/mol. The standard InChI is InChI=1S/C15H18FNS/c1-10-8-14(12(3)18-10)9-17-11(2)13-4-6-15(16)7-5-13/h4-8,11,17H,9H2,1-3H3. The van der Waals surface area contributed by atoms with Gasteiger partial charge in [-0.25, -0.2) is 4.39 Å². The Morgan fingerprint density at radius 2 is 1.89 bits per heavy atom. The lowest BCUT2D eigenvalue weighted by Gasteiger charge is -2.14. The Morgan fingerprint density at radius 3 is 2.44 bits per heavy atom. The molecule has 1 aromatic carbocycles. The normalized spacial score (nSPS) is 12.7. The molecule has 0 aliphatic carbocycles. The number of nitrogens with one attached hydrogen (secondary N) is 1. The maximum Gasteiger partial charge on any atom is 0.123 e. The summed E-state index contributed by atoms with van der Waals surface area (Å²) in [6, 6.07) is 9.13. The van der Waals surface area contributed by atoms with Gasteiger partial charge in [0.05, 0.1) is 0 Å². The second-order valence-corrected chi connectivity index (χ2v) is 6.05. The van der Waals surface area contributed by atoms with E-state index in [1.54, 1.807) is 0 Å². The summed E-state index contributed by atoms with van der Waals surface area (Å²) in [6.45, 7) is 7.23. The zero-order valence-electron chi connectivity index (χ0n) is 11.0. The highest BCUT2D eigenvalue weighted by Gasteiger charge is 2.07. The van der Waals surface area contributed by atoms with Crippen molar-refractivity contribution in [3.05, 3.63) is 57.0 Å². The molecule has 0 aliphatic heterocycles. The zero-order chi connectivity index (χ0) is 13.1. The van der Waals surface area contributed by atoms with E-state index in [0.717, 1.165) is 12.1 Å². The summed E-state index contributed by atoms with van der Waals surface area (Å²) in [6.07, 6.45) is 0. The van der Waals surface area contributed by atoms with Crippen molar-refractivity contribution >= 4 is 11.3 Å². The van der Waals surface area contributed by atoms with Gasteiger partial charge >= 0.3 is 0 Å². The Labute approximate surface area is 112 Å². The molecule has 0 amide bonds. The first kappa shape index (κ1) is 13.2. The topological polar surface area (TPSA) is 12.0 Å². The third-order valence-electron chi connectivity index (χ3n) is 3.11. The third-order valence-corrected chi connectivity index (χ3v) is 4.12. The van der Waals surface area contributed by atoms with E-state index < -0.39 is 0 Å². The summed E-state index contributed by atoms with van der Waals surface area (Å²) in [5, 5.41) is 3.47. The molecular weight excluding hydrogens is 245 g/mol. The monoisotopic (exact) mass is 263 g/mol. The second kappa shape index (κ2) is 5.63. The fourth-order valence-corrected chi connectivity index (χ4v) is 2.94. The van der Waals surface area contributed by atoms with Gasteiger partial charge in [0.1, 0.15) is 5.82 Å². The molecule has 0 bridgehead atoms. The van der Waals surface area contributed by atoms with E-state index in [1.807, 2.05) is 23.5 Å². The summed E-state index contributed by atoms with van der Waals surface area (Å²) in [4.78, 5) is 2.71. The number of hydrogen-bond donors (Lipinski definition) is 1. The first-order valence-corrected chi connectivity index (χ1v) is 6.92. The maximum atomic E-state index is 12.8. The molecule has 1 nitrogen and oxygen atoms in total. The van der Waals surface area contributed by atoms with Crippen LogP contribution in [0.4, 0.5) is 4.39 Å². The molecule has 1 heterocycles. The average molecular weight is 263 g/mol. The van der Waals surface area contributed by atoms with Gasteiger partial charge in [-0.3, -0.25) is 0 Å². The van der Waals surface area contributed by atoms with Gasteiger partial charge in [-0.2, -0.15) is 0 Å². The van der Waals surface area contributed by atoms with Crippen LogP contribution in [0.2, 0.25) is 0 Å². The lowest BCUT2D eigenvalue weighted by Crippen LogP contribution is -2.18. The van der Waals surface area contributed by atoms with E-state index in [-0.39, 0.29) is 11.9 Å². The number of benzene rings is 1. The van der Waals surface area contributed by atoms with Gasteiger partial charge in [0.2, 0.25) is 0 Å². The molecule has 0 spiro atoms. The number of hydrogen-bond acceptors (Lipinski definition) is 2. The van der Waals surface area contributed by atoms with Gasteiger partial charge in [0.15, 0.2) is 0 Å². The van der Waals surface area contributed by atoms with Crippen LogP contribution < -0.4 is 5.32 Å². The van der Waals surface area contributed by atoms with Crippen molar-refractivity contribution in [2.75, 3.05) is 0 Å². The minimum absolute atomic E-state index is 0.185. The van der Waals surface area contributed by atoms with Gasteiger partial charge in [0, 0.05) is 22.3 Å². The molecule has 0 radical (unpaired) electrons. The molecule has 2 aromatic rings. The molecule has 2 rings (SSSR count). The SMILES string of the molecule is Cc1cc(CNC(C)c2ccc(F)cc2)c(C)s1. The highest BCUT2D eigenvalue weighted by molar-refractivity contribution is 7.12. The van der Waals surface area contributed by atoms with Gasteiger partial charge < -0.3 is 5.32 Å². The van der Waals surface area contributed by atoms with Gasteiger partial charge in [-0.05, 0) is 50.1 Å². The number of thiophene rings is 1. The minimum Gasteiger partial charge on any atom is -0.306 e. The largest absolute Gasteiger partial charge is 0.306 e. The lowest BCUT2D eigenvalue weighted by molar-refractivity contribution is 0.571. The van der Waals surface area contributed by atoms with Gasteiger partial charge in [-0.15, -0.1) is 11.3 Å². The van der Waals surface area contributed by atoms with Crippen LogP contribution in [0.15, 0.2) is 30.3 Å². The number of rotatable bonds is 4. The Kier molecular flexibility index (Phi) is 4.15. The molecule has 1 aromatic heterocycles. The highest BCUT2D eigenvalue weighted by Crippen LogP contribution is 2.21. The first-order chi connectivity index (χ1) is 8.56. The second-order valence-electron chi connectivity index (χ2n) is 4.59. The van der Waals surface area contributed by atoms with Crippen LogP contribution >= 0.6 is 11.3 Å². The van der Waals surface area contributed by atoms with E-state index in [9.17, 15) is 4.39 Å².